The second-order valence-electron chi connectivity index (χ2n) is 3.60. The van der Waals surface area contributed by atoms with E-state index in [1.54, 1.807) is 24.3 Å². The van der Waals surface area contributed by atoms with Crippen LogP contribution in [-0.4, -0.2) is 30.8 Å². The van der Waals surface area contributed by atoms with Crippen LogP contribution in [0.5, 0.6) is 11.5 Å². The van der Waals surface area contributed by atoms with Crippen LogP contribution in [0, 0.1) is 11.3 Å². The zero-order valence-electron chi connectivity index (χ0n) is 10.7. The van der Waals surface area contributed by atoms with Gasteiger partial charge in [-0.05, 0) is 24.6 Å². The smallest absolute Gasteiger partial charge is 0.258 e. The molecule has 102 valence electrons. The average molecular weight is 264 g/mol. The summed E-state index contributed by atoms with van der Waals surface area (Å²) in [7, 11) is 0. The second kappa shape index (κ2) is 7.95. The van der Waals surface area contributed by atoms with Gasteiger partial charge in [-0.2, -0.15) is 5.26 Å². The molecule has 6 heteroatoms. The Hall–Kier alpha value is -2.26. The van der Waals surface area contributed by atoms with Gasteiger partial charge in [0.2, 0.25) is 0 Å². The van der Waals surface area contributed by atoms with E-state index in [2.05, 4.69) is 5.32 Å². The third kappa shape index (κ3) is 4.85. The zero-order valence-corrected chi connectivity index (χ0v) is 10.7. The molecule has 0 atom stereocenters. The number of carbonyl (C=O) groups excluding carboxylic acids is 1. The highest BCUT2D eigenvalue weighted by molar-refractivity contribution is 5.77. The number of nitrogens with one attached hydrogen (secondary N) is 1. The third-order valence-corrected chi connectivity index (χ3v) is 2.21. The lowest BCUT2D eigenvalue weighted by molar-refractivity contribution is -0.122. The molecule has 19 heavy (non-hydrogen) atoms. The molecule has 2 N–H and O–H groups in total. The highest BCUT2D eigenvalue weighted by Crippen LogP contribution is 2.28. The van der Waals surface area contributed by atoms with Crippen LogP contribution in [0.2, 0.25) is 0 Å². The lowest BCUT2D eigenvalue weighted by Crippen LogP contribution is -2.29. The van der Waals surface area contributed by atoms with Crippen molar-refractivity contribution in [3.05, 3.63) is 23.8 Å². The van der Waals surface area contributed by atoms with E-state index in [-0.39, 0.29) is 25.7 Å². The third-order valence-electron chi connectivity index (χ3n) is 2.21. The fraction of sp³-hybridized carbons (Fsp3) is 0.385. The van der Waals surface area contributed by atoms with Gasteiger partial charge in [-0.25, -0.2) is 0 Å². The zero-order chi connectivity index (χ0) is 14.1. The van der Waals surface area contributed by atoms with Crippen molar-refractivity contribution in [3.63, 3.8) is 0 Å². The van der Waals surface area contributed by atoms with Gasteiger partial charge in [0.15, 0.2) is 18.1 Å². The van der Waals surface area contributed by atoms with Crippen LogP contribution in [-0.2, 0) is 11.4 Å². The second-order valence-corrected chi connectivity index (χ2v) is 3.60. The predicted molar refractivity (Wildman–Crippen MR) is 67.7 cm³/mol. The normalized spacial score (nSPS) is 9.53. The molecule has 0 aromatic heterocycles. The standard InChI is InChI=1S/C13H16N2O4/c1-2-18-12-7-10(8-16)3-4-11(12)19-9-13(17)15-6-5-14/h3-4,7,16H,2,6,8-9H2,1H3,(H,15,17). The summed E-state index contributed by atoms with van der Waals surface area (Å²) < 4.78 is 10.7. The van der Waals surface area contributed by atoms with E-state index in [4.69, 9.17) is 19.8 Å². The highest BCUT2D eigenvalue weighted by atomic mass is 16.5. The van der Waals surface area contributed by atoms with Crippen molar-refractivity contribution in [3.8, 4) is 17.6 Å². The molecule has 0 aliphatic heterocycles. The lowest BCUT2D eigenvalue weighted by atomic mass is 10.2. The van der Waals surface area contributed by atoms with Gasteiger partial charge in [-0.15, -0.1) is 0 Å². The average Bonchev–Trinajstić information content (AvgIpc) is 2.43. The van der Waals surface area contributed by atoms with E-state index in [9.17, 15) is 4.79 Å². The topological polar surface area (TPSA) is 91.6 Å². The summed E-state index contributed by atoms with van der Waals surface area (Å²) in [6.07, 6.45) is 0. The number of hydrogen-bond acceptors (Lipinski definition) is 5. The maximum atomic E-state index is 11.3. The van der Waals surface area contributed by atoms with Crippen molar-refractivity contribution in [2.45, 2.75) is 13.5 Å². The van der Waals surface area contributed by atoms with E-state index in [0.29, 0.717) is 23.7 Å². The van der Waals surface area contributed by atoms with Crippen molar-refractivity contribution in [1.82, 2.24) is 5.32 Å². The van der Waals surface area contributed by atoms with Crippen LogP contribution in [0.25, 0.3) is 0 Å². The molecular weight excluding hydrogens is 248 g/mol. The van der Waals surface area contributed by atoms with Crippen molar-refractivity contribution >= 4 is 5.91 Å². The Balaban J connectivity index is 2.66. The summed E-state index contributed by atoms with van der Waals surface area (Å²) in [5.41, 5.74) is 0.699. The van der Waals surface area contributed by atoms with E-state index < -0.39 is 0 Å². The fourth-order valence-corrected chi connectivity index (χ4v) is 1.37. The molecule has 0 spiro atoms. The SMILES string of the molecule is CCOc1cc(CO)ccc1OCC(=O)NCC#N. The number of ether oxygens (including phenoxy) is 2. The first kappa shape index (κ1) is 14.8. The summed E-state index contributed by atoms with van der Waals surface area (Å²) in [4.78, 5) is 11.3. The lowest BCUT2D eigenvalue weighted by Gasteiger charge is -2.12. The molecule has 0 heterocycles. The molecular formula is C13H16N2O4. The molecule has 0 aliphatic rings. The van der Waals surface area contributed by atoms with Crippen LogP contribution in [0.15, 0.2) is 18.2 Å². The predicted octanol–water partition coefficient (Wildman–Crippen LogP) is 0.596. The van der Waals surface area contributed by atoms with E-state index in [1.807, 2.05) is 6.92 Å². The summed E-state index contributed by atoms with van der Waals surface area (Å²) in [6, 6.07) is 6.78. The molecule has 1 amide bonds. The van der Waals surface area contributed by atoms with Gasteiger partial charge < -0.3 is 19.9 Å². The van der Waals surface area contributed by atoms with Crippen molar-refractivity contribution in [2.75, 3.05) is 19.8 Å². The minimum absolute atomic E-state index is 0.0516. The van der Waals surface area contributed by atoms with Crippen LogP contribution in [0.1, 0.15) is 12.5 Å². The fourth-order valence-electron chi connectivity index (χ4n) is 1.37. The van der Waals surface area contributed by atoms with Crippen molar-refractivity contribution < 1.29 is 19.4 Å². The largest absolute Gasteiger partial charge is 0.490 e. The van der Waals surface area contributed by atoms with Gasteiger partial charge in [0.1, 0.15) is 6.54 Å². The number of nitriles is 1. The summed E-state index contributed by atoms with van der Waals surface area (Å²) in [6.45, 7) is 1.94. The number of hydrogen-bond donors (Lipinski definition) is 2. The molecule has 1 aromatic carbocycles. The van der Waals surface area contributed by atoms with Crippen LogP contribution in [0.3, 0.4) is 0 Å². The van der Waals surface area contributed by atoms with Crippen LogP contribution >= 0.6 is 0 Å². The Morgan fingerprint density at radius 3 is 2.84 bits per heavy atom. The molecule has 0 saturated heterocycles. The number of amides is 1. The summed E-state index contributed by atoms with van der Waals surface area (Å²) >= 11 is 0. The number of aliphatic hydroxyl groups excluding tert-OH is 1. The Bertz CT molecular complexity index is 468. The first-order valence-electron chi connectivity index (χ1n) is 5.84. The molecule has 1 rings (SSSR count). The number of nitrogens with zero attached hydrogens (tertiary/aromatic N) is 1. The maximum absolute atomic E-state index is 11.3. The highest BCUT2D eigenvalue weighted by Gasteiger charge is 2.08. The van der Waals surface area contributed by atoms with Crippen LogP contribution in [0.4, 0.5) is 0 Å². The van der Waals surface area contributed by atoms with E-state index >= 15 is 0 Å². The number of carbonyl (C=O) groups is 1. The van der Waals surface area contributed by atoms with Crippen LogP contribution < -0.4 is 14.8 Å². The number of rotatable bonds is 7. The van der Waals surface area contributed by atoms with E-state index in [1.165, 1.54) is 0 Å². The Kier molecular flexibility index (Phi) is 6.19. The monoisotopic (exact) mass is 264 g/mol. The quantitative estimate of drug-likeness (QED) is 0.703. The van der Waals surface area contributed by atoms with Gasteiger partial charge >= 0.3 is 0 Å². The van der Waals surface area contributed by atoms with E-state index in [0.717, 1.165) is 0 Å². The molecule has 0 aliphatic carbocycles. The maximum Gasteiger partial charge on any atom is 0.258 e. The minimum atomic E-state index is -0.379. The molecule has 0 saturated carbocycles. The minimum Gasteiger partial charge on any atom is -0.490 e. The van der Waals surface area contributed by atoms with Gasteiger partial charge in [0, 0.05) is 0 Å². The summed E-state index contributed by atoms with van der Waals surface area (Å²) in [5, 5.41) is 19.7. The first-order valence-corrected chi connectivity index (χ1v) is 5.84. The molecule has 0 fully saturated rings. The molecule has 0 bridgehead atoms. The van der Waals surface area contributed by atoms with Gasteiger partial charge in [0.25, 0.3) is 5.91 Å². The number of benzene rings is 1. The van der Waals surface area contributed by atoms with Gasteiger partial charge in [0.05, 0.1) is 19.3 Å². The first-order chi connectivity index (χ1) is 9.21. The van der Waals surface area contributed by atoms with Gasteiger partial charge in [-0.3, -0.25) is 4.79 Å². The Labute approximate surface area is 111 Å². The molecule has 1 aromatic rings. The summed E-state index contributed by atoms with van der Waals surface area (Å²) in [5.74, 6) is 0.517. The molecule has 0 unspecified atom stereocenters. The Morgan fingerprint density at radius 1 is 1.42 bits per heavy atom. The Morgan fingerprint density at radius 2 is 2.21 bits per heavy atom. The van der Waals surface area contributed by atoms with Crippen molar-refractivity contribution in [1.29, 1.82) is 5.26 Å². The number of aliphatic hydroxyl groups is 1. The molecule has 0 radical (unpaired) electrons. The molecule has 6 nitrogen and oxygen atoms in total. The van der Waals surface area contributed by atoms with Gasteiger partial charge in [-0.1, -0.05) is 6.07 Å². The van der Waals surface area contributed by atoms with Crippen molar-refractivity contribution in [2.24, 2.45) is 0 Å².